The van der Waals surface area contributed by atoms with Crippen LogP contribution in [0.3, 0.4) is 0 Å². The van der Waals surface area contributed by atoms with Gasteiger partial charge < -0.3 is 49.1 Å². The van der Waals surface area contributed by atoms with Gasteiger partial charge in [-0.1, -0.05) is 62.4 Å². The molecule has 16 nitrogen and oxygen atoms in total. The number of amides is 1. The molecule has 11 atom stereocenters. The van der Waals surface area contributed by atoms with E-state index in [2.05, 4.69) is 10.2 Å². The van der Waals surface area contributed by atoms with E-state index in [1.165, 1.54) is 6.92 Å². The van der Waals surface area contributed by atoms with Crippen LogP contribution in [0.4, 0.5) is 4.79 Å². The maximum absolute atomic E-state index is 16.0. The number of hydrogen-bond donors (Lipinski definition) is 4. The lowest BCUT2D eigenvalue weighted by molar-refractivity contribution is -0.345. The van der Waals surface area contributed by atoms with E-state index in [1.807, 2.05) is 0 Å². The molecular weight excluding hydrogens is 853 g/mol. The van der Waals surface area contributed by atoms with E-state index in [0.29, 0.717) is 56.0 Å². The molecule has 2 saturated carbocycles. The van der Waals surface area contributed by atoms with E-state index in [4.69, 9.17) is 28.4 Å². The number of Topliss-reactive ketones (excluding diaryl/α,β-unsaturated/α-hetero) is 1. The summed E-state index contributed by atoms with van der Waals surface area (Å²) in [4.78, 5) is 73.5. The Bertz CT molecular complexity index is 2170. The van der Waals surface area contributed by atoms with Crippen molar-refractivity contribution >= 4 is 29.8 Å². The first-order valence-electron chi connectivity index (χ1n) is 23.0. The second kappa shape index (κ2) is 18.8. The highest BCUT2D eigenvalue weighted by Crippen LogP contribution is 2.65. The Labute approximate surface area is 386 Å². The van der Waals surface area contributed by atoms with Crippen molar-refractivity contribution in [1.82, 2.24) is 10.2 Å². The molecule has 2 bridgehead atoms. The van der Waals surface area contributed by atoms with Crippen LogP contribution in [0, 0.1) is 22.7 Å². The number of ketones is 1. The molecular formula is C50H66N2O14. The quantitative estimate of drug-likeness (QED) is 0.130. The number of alkyl carbamates (subject to hydrolysis) is 1. The number of carbonyl (C=O) groups is 5. The van der Waals surface area contributed by atoms with Crippen LogP contribution in [0.5, 0.6) is 0 Å². The van der Waals surface area contributed by atoms with E-state index in [1.54, 1.807) is 109 Å². The van der Waals surface area contributed by atoms with E-state index < -0.39 is 112 Å². The van der Waals surface area contributed by atoms with Crippen molar-refractivity contribution in [3.63, 3.8) is 0 Å². The number of nitrogens with one attached hydrogen (secondary N) is 1. The number of esters is 3. The molecule has 2 aromatic carbocycles. The Kier molecular flexibility index (Phi) is 14.0. The fourth-order valence-electron chi connectivity index (χ4n) is 11.4. The minimum Gasteiger partial charge on any atom is -0.456 e. The van der Waals surface area contributed by atoms with Gasteiger partial charge >= 0.3 is 24.0 Å². The number of benzene rings is 2. The number of fused-ring (bicyclic) bond motifs is 5. The molecule has 360 valence electrons. The number of hydrogen-bond acceptors (Lipinski definition) is 15. The highest BCUT2D eigenvalue weighted by atomic mass is 16.6. The number of aliphatic hydroxyl groups is 3. The van der Waals surface area contributed by atoms with Gasteiger partial charge in [-0.05, 0) is 82.8 Å². The Hall–Kier alpha value is -4.71. The van der Waals surface area contributed by atoms with Crippen LogP contribution >= 0.6 is 0 Å². The predicted molar refractivity (Wildman–Crippen MR) is 238 cm³/mol. The van der Waals surface area contributed by atoms with Gasteiger partial charge in [0.05, 0.1) is 48.9 Å². The molecule has 1 amide bonds. The van der Waals surface area contributed by atoms with Crippen LogP contribution in [0.15, 0.2) is 71.8 Å². The van der Waals surface area contributed by atoms with Crippen LogP contribution in [-0.2, 0) is 42.8 Å². The van der Waals surface area contributed by atoms with Crippen molar-refractivity contribution in [3.05, 3.63) is 82.9 Å². The number of aliphatic hydroxyl groups excluding tert-OH is 2. The highest BCUT2D eigenvalue weighted by Gasteiger charge is 2.78. The molecule has 2 heterocycles. The maximum atomic E-state index is 16.0. The SMILES string of the molecule is CC(=O)O[C@@]12CO[C@@H]1C[C@H](O)[C@@]1(C)C(=O)[C@H](CCCN3CCOCC3)C3=C(C)[C@@H](OC(=O)[C@H](O)[C@@H](NC(=O)OC(C)(C)C)c4ccccc4)C[C@@](O)([C@@H](OC(=O)c4ccccc4)[C@H]21)C3(C)C. The summed E-state index contributed by atoms with van der Waals surface area (Å²) in [5, 5.41) is 40.8. The number of carbonyl (C=O) groups excluding carboxylic acids is 5. The molecule has 2 aromatic rings. The van der Waals surface area contributed by atoms with E-state index in [9.17, 15) is 34.5 Å². The molecule has 16 heteroatoms. The molecule has 2 saturated heterocycles. The first-order valence-corrected chi connectivity index (χ1v) is 23.0. The van der Waals surface area contributed by atoms with E-state index >= 15 is 4.79 Å². The third kappa shape index (κ3) is 9.04. The Morgan fingerprint density at radius 1 is 0.970 bits per heavy atom. The monoisotopic (exact) mass is 918 g/mol. The summed E-state index contributed by atoms with van der Waals surface area (Å²) in [6, 6.07) is 15.1. The summed E-state index contributed by atoms with van der Waals surface area (Å²) < 4.78 is 36.1. The average molecular weight is 919 g/mol. The zero-order valence-corrected chi connectivity index (χ0v) is 39.2. The zero-order valence-electron chi connectivity index (χ0n) is 39.2. The predicted octanol–water partition coefficient (Wildman–Crippen LogP) is 4.63. The number of rotatable bonds is 12. The number of ether oxygens (including phenoxy) is 6. The zero-order chi connectivity index (χ0) is 48.0. The van der Waals surface area contributed by atoms with Gasteiger partial charge in [0.25, 0.3) is 0 Å². The van der Waals surface area contributed by atoms with E-state index in [0.717, 1.165) is 0 Å². The van der Waals surface area contributed by atoms with Gasteiger partial charge in [-0.3, -0.25) is 14.5 Å². The van der Waals surface area contributed by atoms with Crippen molar-refractivity contribution in [1.29, 1.82) is 0 Å². The van der Waals surface area contributed by atoms with Crippen LogP contribution in [0.25, 0.3) is 0 Å². The van der Waals surface area contributed by atoms with Gasteiger partial charge in [-0.15, -0.1) is 0 Å². The summed E-state index contributed by atoms with van der Waals surface area (Å²) in [6.07, 6.45) is -7.98. The Morgan fingerprint density at radius 3 is 2.20 bits per heavy atom. The van der Waals surface area contributed by atoms with Gasteiger partial charge in [0.15, 0.2) is 11.7 Å². The largest absolute Gasteiger partial charge is 0.456 e. The molecule has 0 aromatic heterocycles. The number of morpholine rings is 1. The van der Waals surface area contributed by atoms with Gasteiger partial charge in [0, 0.05) is 44.2 Å². The smallest absolute Gasteiger partial charge is 0.408 e. The lowest BCUT2D eigenvalue weighted by atomic mass is 9.43. The third-order valence-electron chi connectivity index (χ3n) is 14.8. The van der Waals surface area contributed by atoms with Crippen LogP contribution in [0.1, 0.15) is 103 Å². The molecule has 4 fully saturated rings. The summed E-state index contributed by atoms with van der Waals surface area (Å²) in [6.45, 7) is 16.0. The molecule has 66 heavy (non-hydrogen) atoms. The Balaban J connectivity index is 1.38. The van der Waals surface area contributed by atoms with Crippen LogP contribution in [0.2, 0.25) is 0 Å². The second-order valence-corrected chi connectivity index (χ2v) is 20.3. The van der Waals surface area contributed by atoms with Crippen molar-refractivity contribution in [3.8, 4) is 0 Å². The molecule has 2 aliphatic heterocycles. The highest BCUT2D eigenvalue weighted by molar-refractivity contribution is 5.93. The first-order chi connectivity index (χ1) is 31.0. The van der Waals surface area contributed by atoms with Crippen LogP contribution < -0.4 is 5.32 Å². The normalized spacial score (nSPS) is 32.7. The lowest BCUT2D eigenvalue weighted by Gasteiger charge is -2.67. The van der Waals surface area contributed by atoms with Crippen molar-refractivity contribution in [2.45, 2.75) is 134 Å². The lowest BCUT2D eigenvalue weighted by Crippen LogP contribution is -2.81. The molecule has 0 unspecified atom stereocenters. The van der Waals surface area contributed by atoms with Crippen molar-refractivity contribution < 1.29 is 67.7 Å². The summed E-state index contributed by atoms with van der Waals surface area (Å²) >= 11 is 0. The van der Waals surface area contributed by atoms with Crippen LogP contribution in [-0.4, -0.2) is 137 Å². The molecule has 3 aliphatic carbocycles. The molecule has 0 radical (unpaired) electrons. The minimum atomic E-state index is -2.23. The average Bonchev–Trinajstić information content (AvgIpc) is 3.26. The first kappa shape index (κ1) is 49.2. The summed E-state index contributed by atoms with van der Waals surface area (Å²) in [7, 11) is 0. The van der Waals surface area contributed by atoms with Crippen molar-refractivity contribution in [2.24, 2.45) is 22.7 Å². The fraction of sp³-hybridized carbons (Fsp3) is 0.620. The van der Waals surface area contributed by atoms with Gasteiger partial charge in [0.2, 0.25) is 0 Å². The number of nitrogens with zero attached hydrogens (tertiary/aromatic N) is 1. The standard InChI is InChI=1S/C50H66N2O14/c1-29-34(63-44(58)39(55)38(31-16-11-9-12-17-31)51-45(59)66-46(3,4)5)27-50(60)42(64-43(57)32-18-13-10-14-19-32)40-48(8,35(54)26-36-49(40,28-62-36)65-30(2)53)41(56)33(37(29)47(50,6)7)20-15-21-52-22-24-61-25-23-52/h9-14,16-19,33-36,38-40,42,54-55,60H,15,20-28H2,1-8H3,(H,51,59)/t33-,34+,35+,36-,38+,39-,40+,42+,48-,49+,50-/m1/s1. The van der Waals surface area contributed by atoms with E-state index in [-0.39, 0.29) is 25.0 Å². The Morgan fingerprint density at radius 2 is 1.61 bits per heavy atom. The van der Waals surface area contributed by atoms with Gasteiger partial charge in [-0.25, -0.2) is 14.4 Å². The fourth-order valence-corrected chi connectivity index (χ4v) is 11.4. The molecule has 4 N–H and O–H groups in total. The second-order valence-electron chi connectivity index (χ2n) is 20.3. The molecule has 0 spiro atoms. The van der Waals surface area contributed by atoms with Gasteiger partial charge in [-0.2, -0.15) is 0 Å². The van der Waals surface area contributed by atoms with Gasteiger partial charge in [0.1, 0.15) is 35.3 Å². The summed E-state index contributed by atoms with van der Waals surface area (Å²) in [5.41, 5.74) is -6.62. The topological polar surface area (TPSA) is 217 Å². The minimum absolute atomic E-state index is 0.0796. The summed E-state index contributed by atoms with van der Waals surface area (Å²) in [5.74, 6) is -5.51. The van der Waals surface area contributed by atoms with Crippen molar-refractivity contribution in [2.75, 3.05) is 39.5 Å². The molecule has 7 rings (SSSR count). The third-order valence-corrected chi connectivity index (χ3v) is 14.8. The molecule has 5 aliphatic rings. The maximum Gasteiger partial charge on any atom is 0.408 e.